The lowest BCUT2D eigenvalue weighted by molar-refractivity contribution is -0.151. The molecule has 0 N–H and O–H groups in total. The number of likely N-dealkylation sites (tertiary alicyclic amines) is 1. The molecule has 1 atom stereocenters. The third kappa shape index (κ3) is 6.53. The molecule has 3 heterocycles. The number of piperidine rings is 1. The van der Waals surface area contributed by atoms with Gasteiger partial charge in [-0.15, -0.1) is 10.2 Å². The first-order valence-corrected chi connectivity index (χ1v) is 14.8. The highest BCUT2D eigenvalue weighted by molar-refractivity contribution is 7.99. The molecule has 0 saturated carbocycles. The van der Waals surface area contributed by atoms with Gasteiger partial charge in [0.25, 0.3) is 0 Å². The third-order valence-electron chi connectivity index (χ3n) is 6.99. The van der Waals surface area contributed by atoms with E-state index >= 15 is 0 Å². The fourth-order valence-corrected chi connectivity index (χ4v) is 6.08. The smallest absolute Gasteiger partial charge is 0.310 e. The quantitative estimate of drug-likeness (QED) is 0.137. The second-order valence-electron chi connectivity index (χ2n) is 9.74. The molecule has 1 unspecified atom stereocenters. The van der Waals surface area contributed by atoms with Crippen LogP contribution in [0.25, 0.3) is 22.1 Å². The summed E-state index contributed by atoms with van der Waals surface area (Å²) in [4.78, 5) is 31.5. The molecule has 5 rings (SSSR count). The molecule has 1 saturated heterocycles. The number of ether oxygens (including phenoxy) is 1. The van der Waals surface area contributed by atoms with Crippen LogP contribution in [0.2, 0.25) is 5.02 Å². The Bertz CT molecular complexity index is 1480. The van der Waals surface area contributed by atoms with Gasteiger partial charge in [0.15, 0.2) is 5.65 Å². The van der Waals surface area contributed by atoms with E-state index in [0.29, 0.717) is 42.8 Å². The highest BCUT2D eigenvalue weighted by Crippen LogP contribution is 2.29. The van der Waals surface area contributed by atoms with Gasteiger partial charge in [0.2, 0.25) is 11.1 Å². The van der Waals surface area contributed by atoms with Crippen LogP contribution in [-0.2, 0) is 20.9 Å². The van der Waals surface area contributed by atoms with Gasteiger partial charge >= 0.3 is 5.97 Å². The molecule has 8 nitrogen and oxygen atoms in total. The van der Waals surface area contributed by atoms with E-state index in [9.17, 15) is 9.59 Å². The van der Waals surface area contributed by atoms with E-state index in [-0.39, 0.29) is 17.8 Å². The highest BCUT2D eigenvalue weighted by Gasteiger charge is 2.29. The number of halogens is 1. The molecule has 0 bridgehead atoms. The van der Waals surface area contributed by atoms with Gasteiger partial charge in [-0.05, 0) is 56.4 Å². The Labute approximate surface area is 237 Å². The number of nitrogens with zero attached hydrogens (tertiary/aromatic N) is 5. The number of hydrogen-bond donors (Lipinski definition) is 0. The predicted molar refractivity (Wildman–Crippen MR) is 154 cm³/mol. The van der Waals surface area contributed by atoms with Crippen molar-refractivity contribution in [1.82, 2.24) is 24.6 Å². The summed E-state index contributed by atoms with van der Waals surface area (Å²) >= 11 is 7.79. The molecule has 0 spiro atoms. The minimum absolute atomic E-state index is 0.110. The Morgan fingerprint density at radius 2 is 2.00 bits per heavy atom. The number of fused-ring (bicyclic) bond motifs is 3. The number of para-hydroxylation sites is 1. The van der Waals surface area contributed by atoms with Crippen molar-refractivity contribution in [3.8, 4) is 0 Å². The maximum absolute atomic E-state index is 12.7. The monoisotopic (exact) mass is 565 g/mol. The summed E-state index contributed by atoms with van der Waals surface area (Å²) in [5, 5.41) is 11.3. The number of carbonyl (C=O) groups excluding carboxylic acids is 2. The first kappa shape index (κ1) is 27.4. The first-order chi connectivity index (χ1) is 19.0. The van der Waals surface area contributed by atoms with Crippen molar-refractivity contribution in [3.05, 3.63) is 59.1 Å². The van der Waals surface area contributed by atoms with Gasteiger partial charge in [-0.2, -0.15) is 0 Å². The Morgan fingerprint density at radius 3 is 2.85 bits per heavy atom. The van der Waals surface area contributed by atoms with Gasteiger partial charge in [0, 0.05) is 42.2 Å². The van der Waals surface area contributed by atoms with Crippen molar-refractivity contribution in [3.63, 3.8) is 0 Å². The summed E-state index contributed by atoms with van der Waals surface area (Å²) in [6, 6.07) is 16.0. The number of thioether (sulfide) groups is 1. The van der Waals surface area contributed by atoms with Gasteiger partial charge in [-0.25, -0.2) is 4.98 Å². The van der Waals surface area contributed by atoms with Crippen molar-refractivity contribution >= 4 is 57.3 Å². The van der Waals surface area contributed by atoms with E-state index < -0.39 is 0 Å². The third-order valence-corrected chi connectivity index (χ3v) is 8.15. The van der Waals surface area contributed by atoms with Crippen LogP contribution < -0.4 is 0 Å². The van der Waals surface area contributed by atoms with E-state index in [1.54, 1.807) is 11.8 Å². The first-order valence-electron chi connectivity index (χ1n) is 13.5. The second kappa shape index (κ2) is 12.8. The molecule has 4 aromatic rings. The van der Waals surface area contributed by atoms with Crippen LogP contribution >= 0.6 is 23.4 Å². The van der Waals surface area contributed by atoms with Gasteiger partial charge in [-0.3, -0.25) is 9.59 Å². The van der Waals surface area contributed by atoms with Crippen LogP contribution in [0.4, 0.5) is 0 Å². The number of unbranched alkanes of at least 4 members (excludes halogenated alkanes) is 1. The van der Waals surface area contributed by atoms with Crippen LogP contribution in [0.3, 0.4) is 0 Å². The fourth-order valence-electron chi connectivity index (χ4n) is 5.08. The maximum Gasteiger partial charge on any atom is 0.310 e. The molecule has 39 heavy (non-hydrogen) atoms. The molecule has 0 aliphatic carbocycles. The van der Waals surface area contributed by atoms with Crippen molar-refractivity contribution in [2.75, 3.05) is 25.4 Å². The van der Waals surface area contributed by atoms with E-state index in [2.05, 4.69) is 26.9 Å². The number of aromatic nitrogens is 4. The molecule has 0 radical (unpaired) electrons. The summed E-state index contributed by atoms with van der Waals surface area (Å²) in [5.74, 6) is 0.509. The van der Waals surface area contributed by atoms with Crippen LogP contribution in [0.5, 0.6) is 0 Å². The van der Waals surface area contributed by atoms with Gasteiger partial charge in [-0.1, -0.05) is 53.7 Å². The second-order valence-corrected chi connectivity index (χ2v) is 11.2. The molecule has 1 fully saturated rings. The molecule has 2 aromatic heterocycles. The standard InChI is InChI=1S/C29H32ClN5O3S/c1-2-38-28(37)21-10-8-15-34(19-21)25(36)14-5-6-16-39-29-31-27-26(32-33-29)23-12-3-4-13-24(23)35(27)18-20-9-7-11-22(30)17-20/h3-4,7,9,11-13,17,21H,2,5-6,8,10,14-16,18-19H2,1H3. The fraction of sp³-hybridized carbons (Fsp3) is 0.414. The summed E-state index contributed by atoms with van der Waals surface area (Å²) in [6.45, 7) is 3.99. The summed E-state index contributed by atoms with van der Waals surface area (Å²) < 4.78 is 7.31. The van der Waals surface area contributed by atoms with Crippen molar-refractivity contribution in [2.24, 2.45) is 5.92 Å². The SMILES string of the molecule is CCOC(=O)C1CCCN(C(=O)CCCCSc2nnc3c4ccccc4n(Cc4cccc(Cl)c4)c3n2)C1. The molecule has 1 amide bonds. The Balaban J connectivity index is 1.19. The molecule has 1 aliphatic rings. The minimum atomic E-state index is -0.202. The van der Waals surface area contributed by atoms with Crippen LogP contribution in [0, 0.1) is 5.92 Å². The van der Waals surface area contributed by atoms with Gasteiger partial charge in [0.05, 0.1) is 18.0 Å². The zero-order valence-electron chi connectivity index (χ0n) is 22.0. The zero-order valence-corrected chi connectivity index (χ0v) is 23.6. The molecule has 204 valence electrons. The number of esters is 1. The van der Waals surface area contributed by atoms with Crippen molar-refractivity contribution in [1.29, 1.82) is 0 Å². The number of hydrogen-bond acceptors (Lipinski definition) is 7. The van der Waals surface area contributed by atoms with E-state index in [1.807, 2.05) is 48.2 Å². The number of carbonyl (C=O) groups is 2. The summed E-state index contributed by atoms with van der Waals surface area (Å²) in [5.41, 5.74) is 3.72. The Kier molecular flexibility index (Phi) is 8.98. The Morgan fingerprint density at radius 1 is 1.13 bits per heavy atom. The summed E-state index contributed by atoms with van der Waals surface area (Å²) in [7, 11) is 0. The predicted octanol–water partition coefficient (Wildman–Crippen LogP) is 5.75. The zero-order chi connectivity index (χ0) is 27.2. The number of rotatable bonds is 10. The molecular weight excluding hydrogens is 534 g/mol. The van der Waals surface area contributed by atoms with Gasteiger partial charge < -0.3 is 14.2 Å². The lowest BCUT2D eigenvalue weighted by Gasteiger charge is -2.31. The van der Waals surface area contributed by atoms with Crippen LogP contribution in [0.15, 0.2) is 53.7 Å². The number of benzene rings is 2. The average Bonchev–Trinajstić information content (AvgIpc) is 3.25. The lowest BCUT2D eigenvalue weighted by Crippen LogP contribution is -2.42. The van der Waals surface area contributed by atoms with Crippen molar-refractivity contribution in [2.45, 2.75) is 50.7 Å². The topological polar surface area (TPSA) is 90.2 Å². The highest BCUT2D eigenvalue weighted by atomic mass is 35.5. The van der Waals surface area contributed by atoms with Crippen LogP contribution in [0.1, 0.15) is 44.6 Å². The number of amides is 1. The molecule has 2 aromatic carbocycles. The normalized spacial score (nSPS) is 15.6. The molecular formula is C29H32ClN5O3S. The summed E-state index contributed by atoms with van der Waals surface area (Å²) in [6.07, 6.45) is 3.74. The van der Waals surface area contributed by atoms with E-state index in [0.717, 1.165) is 59.1 Å². The van der Waals surface area contributed by atoms with Crippen molar-refractivity contribution < 1.29 is 14.3 Å². The largest absolute Gasteiger partial charge is 0.466 e. The lowest BCUT2D eigenvalue weighted by atomic mass is 9.98. The van der Waals surface area contributed by atoms with E-state index in [4.69, 9.17) is 21.3 Å². The maximum atomic E-state index is 12.7. The molecule has 10 heteroatoms. The van der Waals surface area contributed by atoms with Crippen LogP contribution in [-0.4, -0.2) is 62.0 Å². The molecule has 1 aliphatic heterocycles. The van der Waals surface area contributed by atoms with Gasteiger partial charge in [0.1, 0.15) is 5.52 Å². The Hall–Kier alpha value is -3.17. The van der Waals surface area contributed by atoms with E-state index in [1.165, 1.54) is 0 Å². The average molecular weight is 566 g/mol. The minimum Gasteiger partial charge on any atom is -0.466 e.